The van der Waals surface area contributed by atoms with Crippen molar-refractivity contribution in [3.63, 3.8) is 0 Å². The molecule has 1 aromatic rings. The zero-order valence-corrected chi connectivity index (χ0v) is 9.62. The quantitative estimate of drug-likeness (QED) is 0.799. The van der Waals surface area contributed by atoms with Crippen molar-refractivity contribution in [3.05, 3.63) is 28.8 Å². The first-order chi connectivity index (χ1) is 7.76. The third kappa shape index (κ3) is 2.04. The van der Waals surface area contributed by atoms with Crippen LogP contribution in [0.3, 0.4) is 0 Å². The molecular formula is C12H17NO3. The maximum absolute atomic E-state index is 9.98. The molecule has 0 bridgehead atoms. The van der Waals surface area contributed by atoms with Crippen LogP contribution < -0.4 is 10.1 Å². The highest BCUT2D eigenvalue weighted by Crippen LogP contribution is 2.32. The Balaban J connectivity index is 2.35. The number of aliphatic hydroxyl groups excluding tert-OH is 1. The van der Waals surface area contributed by atoms with Crippen LogP contribution in [-0.4, -0.2) is 25.8 Å². The van der Waals surface area contributed by atoms with Crippen LogP contribution in [-0.2, 0) is 18.0 Å². The number of benzene rings is 1. The molecule has 1 aliphatic rings. The average Bonchev–Trinajstić information content (AvgIpc) is 2.74. The molecule has 1 aliphatic heterocycles. The van der Waals surface area contributed by atoms with Gasteiger partial charge in [0.05, 0.1) is 26.4 Å². The molecule has 4 nitrogen and oxygen atoms in total. The molecule has 0 radical (unpaired) electrons. The zero-order chi connectivity index (χ0) is 11.5. The minimum Gasteiger partial charge on any atom is -0.496 e. The molecule has 88 valence electrons. The predicted octanol–water partition coefficient (Wildman–Crippen LogP) is 0.978. The van der Waals surface area contributed by atoms with Crippen molar-refractivity contribution in [2.45, 2.75) is 19.3 Å². The summed E-state index contributed by atoms with van der Waals surface area (Å²) >= 11 is 0. The fourth-order valence-electron chi connectivity index (χ4n) is 1.97. The lowest BCUT2D eigenvalue weighted by atomic mass is 10.0. The van der Waals surface area contributed by atoms with E-state index in [0.717, 1.165) is 22.4 Å². The lowest BCUT2D eigenvalue weighted by molar-refractivity contribution is 0.134. The lowest BCUT2D eigenvalue weighted by Crippen LogP contribution is -2.17. The third-order valence-corrected chi connectivity index (χ3v) is 2.82. The number of aliphatic hydroxyl groups is 1. The van der Waals surface area contributed by atoms with Crippen LogP contribution in [0.15, 0.2) is 12.1 Å². The monoisotopic (exact) mass is 223 g/mol. The third-order valence-electron chi connectivity index (χ3n) is 2.82. The van der Waals surface area contributed by atoms with Crippen molar-refractivity contribution in [3.8, 4) is 5.75 Å². The first kappa shape index (κ1) is 11.4. The van der Waals surface area contributed by atoms with Crippen LogP contribution in [0, 0.1) is 0 Å². The molecule has 2 N–H and O–H groups in total. The van der Waals surface area contributed by atoms with Gasteiger partial charge in [0.2, 0.25) is 0 Å². The van der Waals surface area contributed by atoms with Crippen LogP contribution in [0.25, 0.3) is 0 Å². The maximum atomic E-state index is 9.98. The largest absolute Gasteiger partial charge is 0.496 e. The second kappa shape index (κ2) is 4.82. The summed E-state index contributed by atoms with van der Waals surface area (Å²) in [6.45, 7) is 1.77. The maximum Gasteiger partial charge on any atom is 0.125 e. The Morgan fingerprint density at radius 1 is 1.44 bits per heavy atom. The SMILES string of the molecule is CNCC(O)c1cc2c(cc1OC)COC2. The highest BCUT2D eigenvalue weighted by Gasteiger charge is 2.19. The standard InChI is InChI=1S/C12H17NO3/c1-13-5-11(14)10-3-8-6-16-7-9(8)4-12(10)15-2/h3-4,11,13-14H,5-7H2,1-2H3. The van der Waals surface area contributed by atoms with Crippen molar-refractivity contribution in [1.82, 2.24) is 5.32 Å². The molecular weight excluding hydrogens is 206 g/mol. The first-order valence-electron chi connectivity index (χ1n) is 5.36. The Kier molecular flexibility index (Phi) is 3.43. The Hall–Kier alpha value is -1.10. The fourth-order valence-corrected chi connectivity index (χ4v) is 1.97. The summed E-state index contributed by atoms with van der Waals surface area (Å²) in [5, 5.41) is 12.9. The second-order valence-corrected chi connectivity index (χ2v) is 3.93. The van der Waals surface area contributed by atoms with Gasteiger partial charge < -0.3 is 19.9 Å². The first-order valence-corrected chi connectivity index (χ1v) is 5.36. The predicted molar refractivity (Wildman–Crippen MR) is 60.4 cm³/mol. The summed E-state index contributed by atoms with van der Waals surface area (Å²) in [5.74, 6) is 0.729. The van der Waals surface area contributed by atoms with Gasteiger partial charge in [-0.15, -0.1) is 0 Å². The van der Waals surface area contributed by atoms with E-state index in [1.165, 1.54) is 0 Å². The van der Waals surface area contributed by atoms with Crippen LogP contribution in [0.4, 0.5) is 0 Å². The van der Waals surface area contributed by atoms with E-state index in [2.05, 4.69) is 5.32 Å². The Bertz CT molecular complexity index is 379. The molecule has 0 amide bonds. The summed E-state index contributed by atoms with van der Waals surface area (Å²) in [6.07, 6.45) is -0.550. The average molecular weight is 223 g/mol. The van der Waals surface area contributed by atoms with Crippen molar-refractivity contribution < 1.29 is 14.6 Å². The van der Waals surface area contributed by atoms with Gasteiger partial charge in [0.15, 0.2) is 0 Å². The number of methoxy groups -OCH3 is 1. The van der Waals surface area contributed by atoms with Crippen LogP contribution >= 0.6 is 0 Å². The van der Waals surface area contributed by atoms with E-state index in [1.54, 1.807) is 7.11 Å². The van der Waals surface area contributed by atoms with Gasteiger partial charge in [0, 0.05) is 12.1 Å². The molecule has 1 atom stereocenters. The topological polar surface area (TPSA) is 50.7 Å². The molecule has 0 spiro atoms. The van der Waals surface area contributed by atoms with Crippen LogP contribution in [0.5, 0.6) is 5.75 Å². The summed E-state index contributed by atoms with van der Waals surface area (Å²) in [5.41, 5.74) is 3.12. The summed E-state index contributed by atoms with van der Waals surface area (Å²) in [6, 6.07) is 3.93. The summed E-state index contributed by atoms with van der Waals surface area (Å²) < 4.78 is 10.7. The van der Waals surface area contributed by atoms with E-state index in [4.69, 9.17) is 9.47 Å². The number of likely N-dealkylation sites (N-methyl/N-ethyl adjacent to an activating group) is 1. The number of hydrogen-bond donors (Lipinski definition) is 2. The summed E-state index contributed by atoms with van der Waals surface area (Å²) in [4.78, 5) is 0. The van der Waals surface area contributed by atoms with Gasteiger partial charge in [-0.05, 0) is 30.3 Å². The van der Waals surface area contributed by atoms with Crippen LogP contribution in [0.1, 0.15) is 22.8 Å². The van der Waals surface area contributed by atoms with Crippen LogP contribution in [0.2, 0.25) is 0 Å². The van der Waals surface area contributed by atoms with Crippen molar-refractivity contribution in [1.29, 1.82) is 0 Å². The van der Waals surface area contributed by atoms with Gasteiger partial charge in [-0.1, -0.05) is 0 Å². The fraction of sp³-hybridized carbons (Fsp3) is 0.500. The van der Waals surface area contributed by atoms with Crippen molar-refractivity contribution >= 4 is 0 Å². The number of rotatable bonds is 4. The molecule has 1 heterocycles. The molecule has 0 saturated heterocycles. The molecule has 4 heteroatoms. The van der Waals surface area contributed by atoms with Gasteiger partial charge in [-0.25, -0.2) is 0 Å². The molecule has 2 rings (SSSR count). The normalized spacial score (nSPS) is 15.9. The van der Waals surface area contributed by atoms with Gasteiger partial charge in [0.1, 0.15) is 5.75 Å². The zero-order valence-electron chi connectivity index (χ0n) is 9.62. The molecule has 0 saturated carbocycles. The Morgan fingerprint density at radius 2 is 2.12 bits per heavy atom. The van der Waals surface area contributed by atoms with E-state index in [0.29, 0.717) is 19.8 Å². The molecule has 0 aromatic heterocycles. The van der Waals surface area contributed by atoms with Crippen molar-refractivity contribution in [2.75, 3.05) is 20.7 Å². The minimum absolute atomic E-state index is 0.510. The minimum atomic E-state index is -0.550. The second-order valence-electron chi connectivity index (χ2n) is 3.93. The van der Waals surface area contributed by atoms with E-state index >= 15 is 0 Å². The van der Waals surface area contributed by atoms with Gasteiger partial charge in [0.25, 0.3) is 0 Å². The van der Waals surface area contributed by atoms with Crippen molar-refractivity contribution in [2.24, 2.45) is 0 Å². The highest BCUT2D eigenvalue weighted by molar-refractivity contribution is 5.44. The van der Waals surface area contributed by atoms with Gasteiger partial charge >= 0.3 is 0 Å². The Morgan fingerprint density at radius 3 is 2.75 bits per heavy atom. The van der Waals surface area contributed by atoms with Gasteiger partial charge in [-0.2, -0.15) is 0 Å². The van der Waals surface area contributed by atoms with E-state index in [1.807, 2.05) is 19.2 Å². The molecule has 0 fully saturated rings. The molecule has 0 aliphatic carbocycles. The molecule has 16 heavy (non-hydrogen) atoms. The smallest absolute Gasteiger partial charge is 0.125 e. The van der Waals surface area contributed by atoms with Gasteiger partial charge in [-0.3, -0.25) is 0 Å². The molecule has 1 unspecified atom stereocenters. The highest BCUT2D eigenvalue weighted by atomic mass is 16.5. The Labute approximate surface area is 95.2 Å². The number of hydrogen-bond acceptors (Lipinski definition) is 4. The molecule has 1 aromatic carbocycles. The summed E-state index contributed by atoms with van der Waals surface area (Å²) in [7, 11) is 3.43. The van der Waals surface area contributed by atoms with E-state index in [-0.39, 0.29) is 0 Å². The lowest BCUT2D eigenvalue weighted by Gasteiger charge is -2.15. The van der Waals surface area contributed by atoms with E-state index in [9.17, 15) is 5.11 Å². The number of fused-ring (bicyclic) bond motifs is 1. The number of nitrogens with one attached hydrogen (secondary N) is 1. The van der Waals surface area contributed by atoms with E-state index < -0.39 is 6.10 Å². The number of ether oxygens (including phenoxy) is 2.